The molecule has 2 nitrogen and oxygen atoms in total. The number of nitrogens with one attached hydrogen (secondary N) is 1. The van der Waals surface area contributed by atoms with Crippen LogP contribution in [0.3, 0.4) is 0 Å². The van der Waals surface area contributed by atoms with E-state index in [1.54, 1.807) is 12.1 Å². The van der Waals surface area contributed by atoms with Crippen LogP contribution >= 0.6 is 0 Å². The topological polar surface area (TPSA) is 21.3 Å². The molecule has 0 aliphatic carbocycles. The summed E-state index contributed by atoms with van der Waals surface area (Å²) in [6.07, 6.45) is 0. The first kappa shape index (κ1) is 9.62. The lowest BCUT2D eigenvalue weighted by Crippen LogP contribution is -2.35. The van der Waals surface area contributed by atoms with E-state index in [0.717, 1.165) is 24.3 Å². The zero-order valence-corrected chi connectivity index (χ0v) is 8.22. The average Bonchev–Trinajstić information content (AvgIpc) is 2.23. The van der Waals surface area contributed by atoms with Gasteiger partial charge in [0.05, 0.1) is 19.3 Å². The summed E-state index contributed by atoms with van der Waals surface area (Å²) < 4.78 is 18.4. The van der Waals surface area contributed by atoms with Gasteiger partial charge in [0.1, 0.15) is 5.82 Å². The maximum atomic E-state index is 13.0. The number of rotatable bonds is 1. The Morgan fingerprint density at radius 3 is 3.07 bits per heavy atom. The van der Waals surface area contributed by atoms with Crippen molar-refractivity contribution >= 4 is 0 Å². The van der Waals surface area contributed by atoms with Gasteiger partial charge in [-0.05, 0) is 30.2 Å². The van der Waals surface area contributed by atoms with Crippen LogP contribution in [0.5, 0.6) is 0 Å². The first-order chi connectivity index (χ1) is 6.77. The van der Waals surface area contributed by atoms with Gasteiger partial charge in [0.2, 0.25) is 0 Å². The van der Waals surface area contributed by atoms with Crippen LogP contribution in [0.1, 0.15) is 17.2 Å². The molecular formula is C11H14FNO. The molecule has 1 aliphatic heterocycles. The van der Waals surface area contributed by atoms with Gasteiger partial charge in [0, 0.05) is 6.54 Å². The van der Waals surface area contributed by atoms with Crippen LogP contribution in [0.2, 0.25) is 0 Å². The molecule has 0 bridgehead atoms. The van der Waals surface area contributed by atoms with E-state index in [1.807, 2.05) is 6.92 Å². The molecule has 1 aromatic rings. The number of aryl methyl sites for hydroxylation is 1. The van der Waals surface area contributed by atoms with Crippen molar-refractivity contribution in [3.05, 3.63) is 35.1 Å². The van der Waals surface area contributed by atoms with E-state index >= 15 is 0 Å². The molecule has 1 N–H and O–H groups in total. The fourth-order valence-corrected chi connectivity index (χ4v) is 1.75. The number of morpholine rings is 1. The zero-order chi connectivity index (χ0) is 9.97. The number of hydrogen-bond donors (Lipinski definition) is 1. The lowest BCUT2D eigenvalue weighted by molar-refractivity contribution is 0.0766. The Balaban J connectivity index is 2.24. The zero-order valence-electron chi connectivity index (χ0n) is 8.22. The van der Waals surface area contributed by atoms with E-state index in [0.29, 0.717) is 6.61 Å². The predicted octanol–water partition coefficient (Wildman–Crippen LogP) is 1.80. The Morgan fingerprint density at radius 2 is 2.36 bits per heavy atom. The summed E-state index contributed by atoms with van der Waals surface area (Å²) in [5.41, 5.74) is 2.11. The maximum Gasteiger partial charge on any atom is 0.123 e. The van der Waals surface area contributed by atoms with Crippen LogP contribution in [-0.2, 0) is 4.74 Å². The molecule has 1 aromatic carbocycles. The molecule has 0 radical (unpaired) electrons. The minimum Gasteiger partial charge on any atom is -0.378 e. The SMILES string of the molecule is Cc1ccc(F)cc1[C@H]1COCCN1. The summed E-state index contributed by atoms with van der Waals surface area (Å²) in [4.78, 5) is 0. The van der Waals surface area contributed by atoms with Gasteiger partial charge in [-0.3, -0.25) is 0 Å². The van der Waals surface area contributed by atoms with Crippen molar-refractivity contribution in [2.75, 3.05) is 19.8 Å². The molecule has 76 valence electrons. The average molecular weight is 195 g/mol. The molecular weight excluding hydrogens is 181 g/mol. The van der Waals surface area contributed by atoms with Crippen LogP contribution < -0.4 is 5.32 Å². The van der Waals surface area contributed by atoms with Crippen molar-refractivity contribution in [3.8, 4) is 0 Å². The third-order valence-corrected chi connectivity index (χ3v) is 2.54. The second kappa shape index (κ2) is 4.07. The molecule has 1 aliphatic rings. The van der Waals surface area contributed by atoms with Crippen molar-refractivity contribution in [2.24, 2.45) is 0 Å². The van der Waals surface area contributed by atoms with Gasteiger partial charge in [0.15, 0.2) is 0 Å². The van der Waals surface area contributed by atoms with Crippen molar-refractivity contribution < 1.29 is 9.13 Å². The summed E-state index contributed by atoms with van der Waals surface area (Å²) >= 11 is 0. The number of halogens is 1. The van der Waals surface area contributed by atoms with Crippen molar-refractivity contribution in [1.82, 2.24) is 5.32 Å². The van der Waals surface area contributed by atoms with Gasteiger partial charge in [-0.15, -0.1) is 0 Å². The monoisotopic (exact) mass is 195 g/mol. The first-order valence-corrected chi connectivity index (χ1v) is 4.84. The van der Waals surface area contributed by atoms with Gasteiger partial charge < -0.3 is 10.1 Å². The predicted molar refractivity (Wildman–Crippen MR) is 52.7 cm³/mol. The van der Waals surface area contributed by atoms with E-state index in [4.69, 9.17) is 4.74 Å². The molecule has 1 atom stereocenters. The van der Waals surface area contributed by atoms with Crippen molar-refractivity contribution in [2.45, 2.75) is 13.0 Å². The highest BCUT2D eigenvalue weighted by Crippen LogP contribution is 2.20. The quantitative estimate of drug-likeness (QED) is 0.737. The molecule has 3 heteroatoms. The van der Waals surface area contributed by atoms with Crippen molar-refractivity contribution in [3.63, 3.8) is 0 Å². The highest BCUT2D eigenvalue weighted by atomic mass is 19.1. The van der Waals surface area contributed by atoms with E-state index < -0.39 is 0 Å². The number of ether oxygens (including phenoxy) is 1. The Hall–Kier alpha value is -0.930. The minimum atomic E-state index is -0.182. The standard InChI is InChI=1S/C11H14FNO/c1-8-2-3-9(12)6-10(8)11-7-14-5-4-13-11/h2-3,6,11,13H,4-5,7H2,1H3/t11-/m1/s1. The van der Waals surface area contributed by atoms with E-state index in [9.17, 15) is 4.39 Å². The summed E-state index contributed by atoms with van der Waals surface area (Å²) in [6, 6.07) is 5.02. The molecule has 2 rings (SSSR count). The van der Waals surface area contributed by atoms with Gasteiger partial charge in [-0.2, -0.15) is 0 Å². The van der Waals surface area contributed by atoms with E-state index in [-0.39, 0.29) is 11.9 Å². The molecule has 0 unspecified atom stereocenters. The second-order valence-electron chi connectivity index (χ2n) is 3.58. The molecule has 0 aromatic heterocycles. The second-order valence-corrected chi connectivity index (χ2v) is 3.58. The molecule has 14 heavy (non-hydrogen) atoms. The Labute approximate surface area is 83.1 Å². The Bertz CT molecular complexity index is 321. The third kappa shape index (κ3) is 1.94. The lowest BCUT2D eigenvalue weighted by atomic mass is 10.0. The van der Waals surface area contributed by atoms with Gasteiger partial charge in [-0.25, -0.2) is 4.39 Å². The summed E-state index contributed by atoms with van der Waals surface area (Å²) in [6.45, 7) is 4.20. The fourth-order valence-electron chi connectivity index (χ4n) is 1.75. The van der Waals surface area contributed by atoms with E-state index in [2.05, 4.69) is 5.32 Å². The minimum absolute atomic E-state index is 0.138. The molecule has 0 amide bonds. The largest absolute Gasteiger partial charge is 0.378 e. The summed E-state index contributed by atoms with van der Waals surface area (Å²) in [5.74, 6) is -0.182. The molecule has 1 fully saturated rings. The van der Waals surface area contributed by atoms with E-state index in [1.165, 1.54) is 6.07 Å². The molecule has 0 saturated carbocycles. The third-order valence-electron chi connectivity index (χ3n) is 2.54. The van der Waals surface area contributed by atoms with Crippen LogP contribution in [0.15, 0.2) is 18.2 Å². The van der Waals surface area contributed by atoms with Crippen LogP contribution in [-0.4, -0.2) is 19.8 Å². The molecule has 0 spiro atoms. The number of benzene rings is 1. The van der Waals surface area contributed by atoms with Gasteiger partial charge >= 0.3 is 0 Å². The smallest absolute Gasteiger partial charge is 0.123 e. The lowest BCUT2D eigenvalue weighted by Gasteiger charge is -2.25. The highest BCUT2D eigenvalue weighted by molar-refractivity contribution is 5.29. The highest BCUT2D eigenvalue weighted by Gasteiger charge is 2.17. The first-order valence-electron chi connectivity index (χ1n) is 4.84. The Kier molecular flexibility index (Phi) is 2.79. The van der Waals surface area contributed by atoms with Crippen molar-refractivity contribution in [1.29, 1.82) is 0 Å². The van der Waals surface area contributed by atoms with Crippen LogP contribution in [0, 0.1) is 12.7 Å². The summed E-state index contributed by atoms with van der Waals surface area (Å²) in [7, 11) is 0. The normalized spacial score (nSPS) is 22.3. The Morgan fingerprint density at radius 1 is 1.50 bits per heavy atom. The molecule has 1 heterocycles. The fraction of sp³-hybridized carbons (Fsp3) is 0.455. The molecule has 1 saturated heterocycles. The van der Waals surface area contributed by atoms with Crippen LogP contribution in [0.25, 0.3) is 0 Å². The van der Waals surface area contributed by atoms with Gasteiger partial charge in [-0.1, -0.05) is 6.07 Å². The number of hydrogen-bond acceptors (Lipinski definition) is 2. The van der Waals surface area contributed by atoms with Gasteiger partial charge in [0.25, 0.3) is 0 Å². The summed E-state index contributed by atoms with van der Waals surface area (Å²) in [5, 5.41) is 3.31. The maximum absolute atomic E-state index is 13.0. The van der Waals surface area contributed by atoms with Crippen LogP contribution in [0.4, 0.5) is 4.39 Å².